The Hall–Kier alpha value is -2.07. The number of aromatic nitrogens is 1. The van der Waals surface area contributed by atoms with Crippen LogP contribution < -0.4 is 5.32 Å². The molecule has 4 heteroatoms. The summed E-state index contributed by atoms with van der Waals surface area (Å²) >= 11 is 0. The number of nitrogens with zero attached hydrogens (tertiary/aromatic N) is 1. The third-order valence-electron chi connectivity index (χ3n) is 6.59. The number of hydrogen-bond acceptors (Lipinski definition) is 2. The molecule has 4 rings (SSSR count). The van der Waals surface area contributed by atoms with Crippen molar-refractivity contribution in [2.75, 3.05) is 13.1 Å². The smallest absolute Gasteiger partial charge is 0.228 e. The number of carbonyl (C=O) groups is 1. The first-order valence-electron chi connectivity index (χ1n) is 11.0. The zero-order chi connectivity index (χ0) is 19.7. The van der Waals surface area contributed by atoms with Crippen molar-refractivity contribution in [1.82, 2.24) is 15.2 Å². The molecule has 150 valence electrons. The minimum atomic E-state index is -0.0699. The summed E-state index contributed by atoms with van der Waals surface area (Å²) in [7, 11) is 0. The van der Waals surface area contributed by atoms with E-state index in [-0.39, 0.29) is 17.9 Å². The van der Waals surface area contributed by atoms with Crippen LogP contribution in [0.4, 0.5) is 0 Å². The second kappa shape index (κ2) is 8.12. The van der Waals surface area contributed by atoms with Crippen molar-refractivity contribution in [3.05, 3.63) is 41.6 Å². The zero-order valence-electron chi connectivity index (χ0n) is 17.4. The summed E-state index contributed by atoms with van der Waals surface area (Å²) in [6.07, 6.45) is 9.81. The van der Waals surface area contributed by atoms with Gasteiger partial charge in [-0.1, -0.05) is 45.4 Å². The van der Waals surface area contributed by atoms with Crippen LogP contribution in [0.5, 0.6) is 0 Å². The maximum atomic E-state index is 13.1. The molecule has 2 aliphatic rings. The predicted octanol–water partition coefficient (Wildman–Crippen LogP) is 4.51. The van der Waals surface area contributed by atoms with Crippen LogP contribution in [0.3, 0.4) is 0 Å². The van der Waals surface area contributed by atoms with E-state index < -0.39 is 0 Å². The summed E-state index contributed by atoms with van der Waals surface area (Å²) in [5.41, 5.74) is 5.28. The molecule has 2 aromatic rings. The van der Waals surface area contributed by atoms with Crippen molar-refractivity contribution in [3.63, 3.8) is 0 Å². The number of benzene rings is 1. The molecular weight excluding hydrogens is 346 g/mol. The minimum Gasteiger partial charge on any atom is -0.361 e. The first kappa shape index (κ1) is 19.3. The highest BCUT2D eigenvalue weighted by Crippen LogP contribution is 2.41. The highest BCUT2D eigenvalue weighted by molar-refractivity contribution is 5.99. The van der Waals surface area contributed by atoms with Gasteiger partial charge in [0, 0.05) is 35.7 Å². The van der Waals surface area contributed by atoms with Gasteiger partial charge in [0.15, 0.2) is 0 Å². The van der Waals surface area contributed by atoms with Gasteiger partial charge in [-0.3, -0.25) is 9.69 Å². The number of amides is 1. The van der Waals surface area contributed by atoms with Gasteiger partial charge in [0.1, 0.15) is 0 Å². The first-order valence-corrected chi connectivity index (χ1v) is 11.0. The van der Waals surface area contributed by atoms with Crippen LogP contribution in [0.2, 0.25) is 0 Å². The third-order valence-corrected chi connectivity index (χ3v) is 6.59. The van der Waals surface area contributed by atoms with Gasteiger partial charge in [0.2, 0.25) is 5.91 Å². The fourth-order valence-electron chi connectivity index (χ4n) is 4.90. The van der Waals surface area contributed by atoms with E-state index >= 15 is 0 Å². The van der Waals surface area contributed by atoms with Crippen LogP contribution in [0.25, 0.3) is 16.5 Å². The van der Waals surface area contributed by atoms with E-state index in [0.29, 0.717) is 6.04 Å². The fourth-order valence-corrected chi connectivity index (χ4v) is 4.90. The average molecular weight is 380 g/mol. The molecule has 4 nitrogen and oxygen atoms in total. The van der Waals surface area contributed by atoms with E-state index in [0.717, 1.165) is 32.4 Å². The molecule has 0 bridgehead atoms. The van der Waals surface area contributed by atoms with Crippen LogP contribution in [0.1, 0.15) is 57.6 Å². The van der Waals surface area contributed by atoms with Crippen LogP contribution in [0, 0.1) is 5.92 Å². The van der Waals surface area contributed by atoms with E-state index in [2.05, 4.69) is 66.4 Å². The number of unbranched alkanes of at least 4 members (excludes halogenated alkanes) is 1. The Bertz CT molecular complexity index is 877. The zero-order valence-corrected chi connectivity index (χ0v) is 17.4. The number of rotatable bonds is 7. The first-order chi connectivity index (χ1) is 13.7. The number of aromatic amines is 1. The topological polar surface area (TPSA) is 48.1 Å². The summed E-state index contributed by atoms with van der Waals surface area (Å²) in [5.74, 6) is 0.118. The van der Waals surface area contributed by atoms with Gasteiger partial charge in [-0.05, 0) is 55.0 Å². The highest BCUT2D eigenvalue weighted by atomic mass is 16.2. The quantitative estimate of drug-likeness (QED) is 0.743. The largest absolute Gasteiger partial charge is 0.361 e. The summed E-state index contributed by atoms with van der Waals surface area (Å²) in [4.78, 5) is 19.1. The van der Waals surface area contributed by atoms with Gasteiger partial charge in [0.05, 0.1) is 5.92 Å². The second-order valence-electron chi connectivity index (χ2n) is 8.36. The van der Waals surface area contributed by atoms with E-state index in [4.69, 9.17) is 0 Å². The van der Waals surface area contributed by atoms with Crippen molar-refractivity contribution < 1.29 is 4.79 Å². The molecule has 2 N–H and O–H groups in total. The summed E-state index contributed by atoms with van der Waals surface area (Å²) in [6, 6.07) is 7.18. The van der Waals surface area contributed by atoms with Crippen molar-refractivity contribution in [2.24, 2.45) is 5.92 Å². The molecule has 2 heterocycles. The Morgan fingerprint density at radius 3 is 2.86 bits per heavy atom. The Morgan fingerprint density at radius 1 is 1.29 bits per heavy atom. The van der Waals surface area contributed by atoms with Gasteiger partial charge in [-0.25, -0.2) is 0 Å². The summed E-state index contributed by atoms with van der Waals surface area (Å²) < 4.78 is 0. The molecule has 0 unspecified atom stereocenters. The third kappa shape index (κ3) is 3.39. The normalized spacial score (nSPS) is 21.6. The number of H-pyrrole nitrogens is 1. The SMILES string of the molecule is CCCCN1C[C@H](C(=O)NC(CC)CC)C=C2c3cccc4[nH]cc(c34)C[C@H]21. The molecule has 1 aliphatic carbocycles. The Labute approximate surface area is 168 Å². The molecule has 0 radical (unpaired) electrons. The summed E-state index contributed by atoms with van der Waals surface area (Å²) in [6.45, 7) is 8.42. The maximum absolute atomic E-state index is 13.1. The Kier molecular flexibility index (Phi) is 5.58. The summed E-state index contributed by atoms with van der Waals surface area (Å²) in [5, 5.41) is 4.63. The van der Waals surface area contributed by atoms with E-state index in [9.17, 15) is 4.79 Å². The number of hydrogen-bond donors (Lipinski definition) is 2. The molecule has 0 fully saturated rings. The Balaban J connectivity index is 1.71. The van der Waals surface area contributed by atoms with Crippen LogP contribution in [-0.4, -0.2) is 41.0 Å². The molecule has 28 heavy (non-hydrogen) atoms. The number of carbonyl (C=O) groups excluding carboxylic acids is 1. The molecule has 2 atom stereocenters. The molecule has 1 aliphatic heterocycles. The predicted molar refractivity (Wildman–Crippen MR) is 116 cm³/mol. The maximum Gasteiger partial charge on any atom is 0.228 e. The van der Waals surface area contributed by atoms with Crippen molar-refractivity contribution >= 4 is 22.4 Å². The van der Waals surface area contributed by atoms with Crippen molar-refractivity contribution in [3.8, 4) is 0 Å². The van der Waals surface area contributed by atoms with Gasteiger partial charge in [-0.2, -0.15) is 0 Å². The monoisotopic (exact) mass is 379 g/mol. The van der Waals surface area contributed by atoms with E-state index in [1.165, 1.54) is 40.4 Å². The fraction of sp³-hybridized carbons (Fsp3) is 0.542. The number of nitrogens with one attached hydrogen (secondary N) is 2. The molecule has 1 amide bonds. The van der Waals surface area contributed by atoms with Gasteiger partial charge < -0.3 is 10.3 Å². The van der Waals surface area contributed by atoms with Gasteiger partial charge >= 0.3 is 0 Å². The molecular formula is C24H33N3O. The molecule has 0 saturated carbocycles. The molecule has 0 saturated heterocycles. The van der Waals surface area contributed by atoms with E-state index in [1.807, 2.05) is 0 Å². The lowest BCUT2D eigenvalue weighted by molar-refractivity contribution is -0.125. The van der Waals surface area contributed by atoms with Gasteiger partial charge in [-0.15, -0.1) is 0 Å². The van der Waals surface area contributed by atoms with Crippen LogP contribution in [0.15, 0.2) is 30.5 Å². The minimum absolute atomic E-state index is 0.0699. The van der Waals surface area contributed by atoms with E-state index in [1.54, 1.807) is 0 Å². The Morgan fingerprint density at radius 2 is 2.11 bits per heavy atom. The lowest BCUT2D eigenvalue weighted by Crippen LogP contribution is -2.50. The average Bonchev–Trinajstić information content (AvgIpc) is 3.14. The van der Waals surface area contributed by atoms with Crippen LogP contribution in [-0.2, 0) is 11.2 Å². The highest BCUT2D eigenvalue weighted by Gasteiger charge is 2.37. The number of fused-ring (bicyclic) bond motifs is 2. The standard InChI is InChI=1S/C24H33N3O/c1-4-7-11-27-15-17(24(28)26-18(5-2)6-3)12-20-19-9-8-10-21-23(19)16(14-25-21)13-22(20)27/h8-10,12,14,17-18,22,25H,4-7,11,13,15H2,1-3H3,(H,26,28)/t17-,22-/m1/s1. The lowest BCUT2D eigenvalue weighted by Gasteiger charge is -2.42. The van der Waals surface area contributed by atoms with Crippen LogP contribution >= 0.6 is 0 Å². The van der Waals surface area contributed by atoms with Crippen molar-refractivity contribution in [2.45, 2.75) is 65.0 Å². The second-order valence-corrected chi connectivity index (χ2v) is 8.36. The van der Waals surface area contributed by atoms with Crippen molar-refractivity contribution in [1.29, 1.82) is 0 Å². The van der Waals surface area contributed by atoms with Gasteiger partial charge in [0.25, 0.3) is 0 Å². The molecule has 0 spiro atoms. The molecule has 1 aromatic heterocycles. The molecule has 1 aromatic carbocycles. The lowest BCUT2D eigenvalue weighted by atomic mass is 9.79.